The van der Waals surface area contributed by atoms with Gasteiger partial charge in [0.2, 0.25) is 0 Å². The van der Waals surface area contributed by atoms with Crippen LogP contribution in [0.2, 0.25) is 4.34 Å². The van der Waals surface area contributed by atoms with Crippen LogP contribution in [0, 0.1) is 0 Å². The fourth-order valence-corrected chi connectivity index (χ4v) is 3.38. The van der Waals surface area contributed by atoms with Crippen molar-refractivity contribution < 1.29 is 18.0 Å². The Hall–Kier alpha value is -0.600. The molecule has 0 saturated carbocycles. The highest BCUT2D eigenvalue weighted by Gasteiger charge is 2.29. The predicted molar refractivity (Wildman–Crippen MR) is 70.6 cm³/mol. The van der Waals surface area contributed by atoms with Crippen molar-refractivity contribution in [3.8, 4) is 0 Å². The minimum Gasteiger partial charge on any atom is -0.291 e. The van der Waals surface area contributed by atoms with Crippen LogP contribution in [-0.2, 0) is 4.84 Å². The maximum absolute atomic E-state index is 12.1. The molecular formula is C11H9ClF3NOS2. The van der Waals surface area contributed by atoms with Crippen molar-refractivity contribution in [2.75, 3.05) is 6.61 Å². The normalized spacial score (nSPS) is 13.7. The summed E-state index contributed by atoms with van der Waals surface area (Å²) in [5.74, 6) is 0. The highest BCUT2D eigenvalue weighted by atomic mass is 35.5. The molecule has 0 aromatic carbocycles. The van der Waals surface area contributed by atoms with Crippen LogP contribution in [0.1, 0.15) is 15.8 Å². The van der Waals surface area contributed by atoms with E-state index in [-0.39, 0.29) is 0 Å². The molecule has 1 unspecified atom stereocenters. The lowest BCUT2D eigenvalue weighted by atomic mass is 10.2. The zero-order chi connectivity index (χ0) is 13.9. The summed E-state index contributed by atoms with van der Waals surface area (Å²) in [6.45, 7) is -1.34. The van der Waals surface area contributed by atoms with Gasteiger partial charge in [-0.1, -0.05) is 17.7 Å². The van der Waals surface area contributed by atoms with Crippen LogP contribution in [-0.4, -0.2) is 12.8 Å². The molecule has 0 aliphatic heterocycles. The van der Waals surface area contributed by atoms with Crippen LogP contribution in [0.15, 0.2) is 29.6 Å². The van der Waals surface area contributed by atoms with E-state index in [0.717, 1.165) is 9.75 Å². The highest BCUT2D eigenvalue weighted by molar-refractivity contribution is 7.16. The van der Waals surface area contributed by atoms with E-state index >= 15 is 0 Å². The van der Waals surface area contributed by atoms with Gasteiger partial charge in [0, 0.05) is 9.75 Å². The molecule has 2 rings (SSSR count). The third-order valence-electron chi connectivity index (χ3n) is 2.14. The van der Waals surface area contributed by atoms with Gasteiger partial charge in [-0.25, -0.2) is 0 Å². The van der Waals surface area contributed by atoms with Crippen molar-refractivity contribution in [1.29, 1.82) is 0 Å². The van der Waals surface area contributed by atoms with Crippen molar-refractivity contribution in [2.24, 2.45) is 0 Å². The second-order valence-corrected chi connectivity index (χ2v) is 6.34. The summed E-state index contributed by atoms with van der Waals surface area (Å²) in [6.07, 6.45) is -4.36. The molecule has 2 aromatic rings. The predicted octanol–water partition coefficient (Wildman–Crippen LogP) is 4.64. The van der Waals surface area contributed by atoms with Gasteiger partial charge in [-0.3, -0.25) is 4.84 Å². The summed E-state index contributed by atoms with van der Waals surface area (Å²) in [6, 6.07) is 6.68. The molecule has 2 nitrogen and oxygen atoms in total. The van der Waals surface area contributed by atoms with Gasteiger partial charge >= 0.3 is 6.18 Å². The summed E-state index contributed by atoms with van der Waals surface area (Å²) < 4.78 is 36.8. The lowest BCUT2D eigenvalue weighted by Crippen LogP contribution is -2.27. The molecule has 8 heteroatoms. The number of nitrogens with one attached hydrogen (secondary N) is 1. The largest absolute Gasteiger partial charge is 0.413 e. The molecule has 0 aliphatic carbocycles. The molecule has 0 bridgehead atoms. The Morgan fingerprint density at radius 3 is 2.58 bits per heavy atom. The van der Waals surface area contributed by atoms with Gasteiger partial charge < -0.3 is 0 Å². The SMILES string of the molecule is FC(F)(F)CONC(c1cccs1)c1ccc(Cl)s1. The molecule has 0 saturated heterocycles. The zero-order valence-electron chi connectivity index (χ0n) is 9.41. The lowest BCUT2D eigenvalue weighted by Gasteiger charge is -2.16. The van der Waals surface area contributed by atoms with E-state index in [1.165, 1.54) is 22.7 Å². The van der Waals surface area contributed by atoms with Crippen LogP contribution in [0.3, 0.4) is 0 Å². The Bertz CT molecular complexity index is 512. The number of halogens is 4. The molecule has 0 amide bonds. The van der Waals surface area contributed by atoms with Gasteiger partial charge in [0.25, 0.3) is 0 Å². The fourth-order valence-electron chi connectivity index (χ4n) is 1.40. The van der Waals surface area contributed by atoms with Gasteiger partial charge in [-0.05, 0) is 23.6 Å². The number of thiophene rings is 2. The zero-order valence-corrected chi connectivity index (χ0v) is 11.8. The average Bonchev–Trinajstić information content (AvgIpc) is 2.94. The second kappa shape index (κ2) is 6.23. The van der Waals surface area contributed by atoms with Gasteiger partial charge in [0.15, 0.2) is 6.61 Å². The van der Waals surface area contributed by atoms with E-state index < -0.39 is 18.8 Å². The van der Waals surface area contributed by atoms with Crippen molar-refractivity contribution in [1.82, 2.24) is 5.48 Å². The first kappa shape index (κ1) is 14.8. The standard InChI is InChI=1S/C11H9ClF3NOS2/c12-9-4-3-8(19-9)10(7-2-1-5-18-7)16-17-6-11(13,14)15/h1-5,10,16H,6H2. The van der Waals surface area contributed by atoms with Crippen LogP contribution in [0.25, 0.3) is 0 Å². The second-order valence-electron chi connectivity index (χ2n) is 3.61. The minimum atomic E-state index is -4.36. The number of hydrogen-bond acceptors (Lipinski definition) is 4. The molecule has 0 spiro atoms. The van der Waals surface area contributed by atoms with Crippen molar-refractivity contribution in [2.45, 2.75) is 12.2 Å². The summed E-state index contributed by atoms with van der Waals surface area (Å²) in [5.41, 5.74) is 2.45. The van der Waals surface area contributed by atoms with E-state index in [0.29, 0.717) is 4.34 Å². The molecule has 2 heterocycles. The van der Waals surface area contributed by atoms with Crippen molar-refractivity contribution >= 4 is 34.3 Å². The number of hydrogen-bond donors (Lipinski definition) is 1. The van der Waals surface area contributed by atoms with E-state index in [1.807, 2.05) is 17.5 Å². The van der Waals surface area contributed by atoms with Crippen molar-refractivity contribution in [3.63, 3.8) is 0 Å². The van der Waals surface area contributed by atoms with Crippen LogP contribution >= 0.6 is 34.3 Å². The summed E-state index contributed by atoms with van der Waals surface area (Å²) in [4.78, 5) is 6.21. The fraction of sp³-hybridized carbons (Fsp3) is 0.273. The maximum atomic E-state index is 12.1. The molecule has 104 valence electrons. The molecule has 1 N–H and O–H groups in total. The highest BCUT2D eigenvalue weighted by Crippen LogP contribution is 2.33. The molecular weight excluding hydrogens is 319 g/mol. The van der Waals surface area contributed by atoms with Gasteiger partial charge in [0.05, 0.1) is 4.34 Å². The number of alkyl halides is 3. The van der Waals surface area contributed by atoms with Crippen LogP contribution < -0.4 is 5.48 Å². The third-order valence-corrected chi connectivity index (χ3v) is 4.38. The minimum absolute atomic E-state index is 0.445. The molecule has 2 aromatic heterocycles. The molecule has 19 heavy (non-hydrogen) atoms. The molecule has 1 atom stereocenters. The first-order valence-electron chi connectivity index (χ1n) is 5.18. The summed E-state index contributed by atoms with van der Waals surface area (Å²) in [5, 5.41) is 1.85. The van der Waals surface area contributed by atoms with Gasteiger partial charge in [-0.15, -0.1) is 22.7 Å². The molecule has 0 fully saturated rings. The quantitative estimate of drug-likeness (QED) is 0.808. The monoisotopic (exact) mass is 327 g/mol. The topological polar surface area (TPSA) is 21.3 Å². The number of rotatable bonds is 5. The lowest BCUT2D eigenvalue weighted by molar-refractivity contribution is -0.191. The average molecular weight is 328 g/mol. The first-order valence-corrected chi connectivity index (χ1v) is 7.26. The van der Waals surface area contributed by atoms with Gasteiger partial charge in [-0.2, -0.15) is 18.7 Å². The van der Waals surface area contributed by atoms with Crippen molar-refractivity contribution in [3.05, 3.63) is 43.7 Å². The van der Waals surface area contributed by atoms with Crippen LogP contribution in [0.5, 0.6) is 0 Å². The Balaban J connectivity index is 2.08. The maximum Gasteiger partial charge on any atom is 0.413 e. The van der Waals surface area contributed by atoms with E-state index in [9.17, 15) is 13.2 Å². The Morgan fingerprint density at radius 1 is 1.26 bits per heavy atom. The Labute approximate surface area is 120 Å². The smallest absolute Gasteiger partial charge is 0.291 e. The first-order chi connectivity index (χ1) is 8.96. The Morgan fingerprint density at radius 2 is 2.05 bits per heavy atom. The number of hydroxylamine groups is 1. The van der Waals surface area contributed by atoms with E-state index in [2.05, 4.69) is 10.3 Å². The van der Waals surface area contributed by atoms with Crippen LogP contribution in [0.4, 0.5) is 13.2 Å². The van der Waals surface area contributed by atoms with E-state index in [4.69, 9.17) is 11.6 Å². The summed E-state index contributed by atoms with van der Waals surface area (Å²) >= 11 is 8.58. The molecule has 0 radical (unpaired) electrons. The molecule has 0 aliphatic rings. The van der Waals surface area contributed by atoms with E-state index in [1.54, 1.807) is 12.1 Å². The third kappa shape index (κ3) is 4.47. The summed E-state index contributed by atoms with van der Waals surface area (Å²) in [7, 11) is 0. The van der Waals surface area contributed by atoms with Gasteiger partial charge in [0.1, 0.15) is 6.04 Å². The Kier molecular flexibility index (Phi) is 4.86.